The maximum absolute atomic E-state index is 12.5. The lowest BCUT2D eigenvalue weighted by Crippen LogP contribution is -2.51. The molecule has 2 unspecified atom stereocenters. The number of piperidine rings is 1. The molecule has 206 valence electrons. The van der Waals surface area contributed by atoms with E-state index < -0.39 is 0 Å². The molecule has 0 aliphatic carbocycles. The lowest BCUT2D eigenvalue weighted by Gasteiger charge is -2.36. The molecule has 0 bridgehead atoms. The van der Waals surface area contributed by atoms with E-state index in [1.165, 1.54) is 40.1 Å². The van der Waals surface area contributed by atoms with Crippen molar-refractivity contribution in [2.45, 2.75) is 61.5 Å². The first-order valence-corrected chi connectivity index (χ1v) is 15.7. The van der Waals surface area contributed by atoms with Crippen LogP contribution in [0, 0.1) is 0 Å². The summed E-state index contributed by atoms with van der Waals surface area (Å²) in [7, 11) is 0. The summed E-state index contributed by atoms with van der Waals surface area (Å²) < 4.78 is 0. The number of nitrogens with zero attached hydrogens (tertiary/aromatic N) is 6. The van der Waals surface area contributed by atoms with Crippen LogP contribution in [-0.4, -0.2) is 82.6 Å². The van der Waals surface area contributed by atoms with Crippen LogP contribution in [0.1, 0.15) is 53.4 Å². The Labute approximate surface area is 239 Å². The average molecular weight is 566 g/mol. The van der Waals surface area contributed by atoms with Crippen molar-refractivity contribution in [1.29, 1.82) is 0 Å². The van der Waals surface area contributed by atoms with Gasteiger partial charge in [-0.3, -0.25) is 24.7 Å². The highest BCUT2D eigenvalue weighted by atomic mass is 32.2. The quantitative estimate of drug-likeness (QED) is 0.420. The Morgan fingerprint density at radius 3 is 2.62 bits per heavy atom. The highest BCUT2D eigenvalue weighted by Gasteiger charge is 2.39. The fourth-order valence-corrected chi connectivity index (χ4v) is 8.19. The Kier molecular flexibility index (Phi) is 6.94. The number of anilines is 2. The Balaban J connectivity index is 1.00. The van der Waals surface area contributed by atoms with Gasteiger partial charge in [-0.25, -0.2) is 4.98 Å². The standard InChI is InChI=1S/C28H35N7O2S2/c36-23-6-5-22(26(37)30-23)35-17-19-15-18(3-4-20(19)27(35)38)16-32-10-12-33(13-11-32)25-24-21(7-14-39-24)29-28(31-25)34-8-1-2-9-34/h3-4,15,22,27,38H,1-2,5-14,16-17H2,(H,30,36,37). The molecule has 11 heteroatoms. The van der Waals surface area contributed by atoms with Crippen LogP contribution in [0.25, 0.3) is 0 Å². The molecule has 1 aromatic heterocycles. The number of aromatic nitrogens is 2. The molecule has 1 N–H and O–H groups in total. The Hall–Kier alpha value is -2.34. The number of imide groups is 1. The van der Waals surface area contributed by atoms with Crippen molar-refractivity contribution in [2.75, 3.05) is 54.8 Å². The highest BCUT2D eigenvalue weighted by molar-refractivity contribution is 7.99. The van der Waals surface area contributed by atoms with E-state index in [9.17, 15) is 9.59 Å². The van der Waals surface area contributed by atoms with Gasteiger partial charge >= 0.3 is 0 Å². The summed E-state index contributed by atoms with van der Waals surface area (Å²) in [5.74, 6) is 2.80. The number of amides is 2. The summed E-state index contributed by atoms with van der Waals surface area (Å²) in [6.45, 7) is 7.67. The third-order valence-corrected chi connectivity index (χ3v) is 10.4. The van der Waals surface area contributed by atoms with Gasteiger partial charge in [0.2, 0.25) is 17.8 Å². The molecule has 3 saturated heterocycles. The minimum Gasteiger partial charge on any atom is -0.353 e. The van der Waals surface area contributed by atoms with Gasteiger partial charge in [0.15, 0.2) is 0 Å². The predicted molar refractivity (Wildman–Crippen MR) is 155 cm³/mol. The molecule has 6 heterocycles. The molecule has 0 radical (unpaired) electrons. The summed E-state index contributed by atoms with van der Waals surface area (Å²) in [6.07, 6.45) is 4.45. The van der Waals surface area contributed by atoms with Crippen LogP contribution in [0.15, 0.2) is 23.1 Å². The number of fused-ring (bicyclic) bond motifs is 2. The van der Waals surface area contributed by atoms with Gasteiger partial charge in [0, 0.05) is 71.0 Å². The van der Waals surface area contributed by atoms with Gasteiger partial charge in [0.25, 0.3) is 0 Å². The minimum absolute atomic E-state index is 0.126. The Morgan fingerprint density at radius 2 is 1.82 bits per heavy atom. The lowest BCUT2D eigenvalue weighted by molar-refractivity contribution is -0.137. The average Bonchev–Trinajstić information content (AvgIpc) is 3.70. The fourth-order valence-electron chi connectivity index (χ4n) is 6.57. The van der Waals surface area contributed by atoms with Crippen LogP contribution in [0.4, 0.5) is 11.8 Å². The van der Waals surface area contributed by atoms with Crippen molar-refractivity contribution in [1.82, 2.24) is 25.1 Å². The van der Waals surface area contributed by atoms with E-state index >= 15 is 0 Å². The van der Waals surface area contributed by atoms with Gasteiger partial charge in [0.05, 0.1) is 22.0 Å². The third kappa shape index (κ3) is 4.92. The van der Waals surface area contributed by atoms with E-state index in [-0.39, 0.29) is 23.2 Å². The first-order valence-electron chi connectivity index (χ1n) is 14.2. The van der Waals surface area contributed by atoms with Gasteiger partial charge in [-0.2, -0.15) is 17.6 Å². The number of carbonyl (C=O) groups excluding carboxylic acids is 2. The molecule has 0 spiro atoms. The number of aryl methyl sites for hydroxylation is 1. The fraction of sp³-hybridized carbons (Fsp3) is 0.571. The van der Waals surface area contributed by atoms with Crippen molar-refractivity contribution in [3.63, 3.8) is 0 Å². The topological polar surface area (TPSA) is 84.9 Å². The number of carbonyl (C=O) groups is 2. The lowest BCUT2D eigenvalue weighted by atomic mass is 10.0. The third-order valence-electron chi connectivity index (χ3n) is 8.72. The molecule has 1 aromatic carbocycles. The van der Waals surface area contributed by atoms with Crippen LogP contribution in [-0.2, 0) is 29.1 Å². The number of thioether (sulfide) groups is 1. The van der Waals surface area contributed by atoms with Gasteiger partial charge < -0.3 is 9.80 Å². The van der Waals surface area contributed by atoms with Crippen molar-refractivity contribution >= 4 is 48.0 Å². The molecule has 0 saturated carbocycles. The smallest absolute Gasteiger partial charge is 0.243 e. The first kappa shape index (κ1) is 25.6. The van der Waals surface area contributed by atoms with E-state index in [1.54, 1.807) is 0 Å². The van der Waals surface area contributed by atoms with Crippen molar-refractivity contribution in [3.05, 3.63) is 40.6 Å². The van der Waals surface area contributed by atoms with Crippen LogP contribution < -0.4 is 15.1 Å². The van der Waals surface area contributed by atoms with Crippen molar-refractivity contribution < 1.29 is 9.59 Å². The Bertz CT molecular complexity index is 1290. The molecular formula is C28H35N7O2S2. The summed E-state index contributed by atoms with van der Waals surface area (Å²) in [5, 5.41) is 2.36. The summed E-state index contributed by atoms with van der Waals surface area (Å²) in [6, 6.07) is 6.36. The number of benzene rings is 1. The minimum atomic E-state index is -0.304. The number of hydrogen-bond acceptors (Lipinski definition) is 10. The van der Waals surface area contributed by atoms with Crippen LogP contribution >= 0.6 is 24.4 Å². The monoisotopic (exact) mass is 565 g/mol. The van der Waals surface area contributed by atoms with E-state index in [0.29, 0.717) is 19.4 Å². The van der Waals surface area contributed by atoms with Crippen LogP contribution in [0.2, 0.25) is 0 Å². The second kappa shape index (κ2) is 10.6. The summed E-state index contributed by atoms with van der Waals surface area (Å²) in [4.78, 5) is 44.9. The second-order valence-electron chi connectivity index (χ2n) is 11.2. The zero-order valence-electron chi connectivity index (χ0n) is 22.1. The normalized spacial score (nSPS) is 25.8. The maximum Gasteiger partial charge on any atom is 0.243 e. The predicted octanol–water partition coefficient (Wildman–Crippen LogP) is 2.60. The van der Waals surface area contributed by atoms with Gasteiger partial charge in [-0.15, -0.1) is 11.8 Å². The molecule has 39 heavy (non-hydrogen) atoms. The zero-order valence-corrected chi connectivity index (χ0v) is 23.9. The second-order valence-corrected chi connectivity index (χ2v) is 12.8. The number of thiol groups is 1. The van der Waals surface area contributed by atoms with E-state index in [4.69, 9.17) is 22.6 Å². The van der Waals surface area contributed by atoms with Gasteiger partial charge in [-0.05, 0) is 36.0 Å². The molecule has 9 nitrogen and oxygen atoms in total. The van der Waals surface area contributed by atoms with E-state index in [1.807, 2.05) is 11.8 Å². The highest BCUT2D eigenvalue weighted by Crippen LogP contribution is 2.41. The van der Waals surface area contributed by atoms with Crippen LogP contribution in [0.5, 0.6) is 0 Å². The molecule has 7 rings (SSSR count). The number of piperazine rings is 1. The maximum atomic E-state index is 12.5. The molecule has 2 aromatic rings. The van der Waals surface area contributed by atoms with E-state index in [2.05, 4.69) is 43.1 Å². The van der Waals surface area contributed by atoms with Crippen LogP contribution in [0.3, 0.4) is 0 Å². The first-order chi connectivity index (χ1) is 19.0. The van der Waals surface area contributed by atoms with Crippen molar-refractivity contribution in [3.8, 4) is 0 Å². The van der Waals surface area contributed by atoms with Crippen molar-refractivity contribution in [2.24, 2.45) is 0 Å². The molecule has 2 amide bonds. The van der Waals surface area contributed by atoms with Gasteiger partial charge in [0.1, 0.15) is 5.82 Å². The summed E-state index contributed by atoms with van der Waals surface area (Å²) in [5.41, 5.74) is 4.93. The molecule has 5 aliphatic rings. The summed E-state index contributed by atoms with van der Waals surface area (Å²) >= 11 is 6.76. The Morgan fingerprint density at radius 1 is 1.00 bits per heavy atom. The van der Waals surface area contributed by atoms with E-state index in [0.717, 1.165) is 69.8 Å². The van der Waals surface area contributed by atoms with Gasteiger partial charge in [-0.1, -0.05) is 18.2 Å². The number of hydrogen-bond donors (Lipinski definition) is 2. The molecule has 3 fully saturated rings. The molecule has 5 aliphatic heterocycles. The zero-order chi connectivity index (χ0) is 26.5. The number of rotatable bonds is 5. The SMILES string of the molecule is O=C1CCC(N2Cc3cc(CN4CCN(c5nc(N6CCCC6)nc6c5SCC6)CC4)ccc3C2S)C(=O)N1. The molecule has 2 atom stereocenters. The largest absolute Gasteiger partial charge is 0.353 e. The molecular weight excluding hydrogens is 530 g/mol. The number of nitrogens with one attached hydrogen (secondary N) is 1.